The number of hydrogen-bond donors (Lipinski definition) is 1. The van der Waals surface area contributed by atoms with Gasteiger partial charge in [-0.3, -0.25) is 0 Å². The van der Waals surface area contributed by atoms with Gasteiger partial charge in [0.25, 0.3) is 0 Å². The van der Waals surface area contributed by atoms with E-state index in [1.54, 1.807) is 0 Å². The van der Waals surface area contributed by atoms with Crippen LogP contribution < -0.4 is 10.2 Å². The summed E-state index contributed by atoms with van der Waals surface area (Å²) in [5.74, 6) is 0. The molecule has 2 heteroatoms. The summed E-state index contributed by atoms with van der Waals surface area (Å²) < 4.78 is 0. The van der Waals surface area contributed by atoms with Crippen molar-refractivity contribution in [3.05, 3.63) is 65.2 Å². The Morgan fingerprint density at radius 2 is 1.26 bits per heavy atom. The van der Waals surface area contributed by atoms with Crippen LogP contribution in [0.1, 0.15) is 16.7 Å². The molecule has 0 saturated carbocycles. The molecule has 0 heterocycles. The highest BCUT2D eigenvalue weighted by Crippen LogP contribution is 2.11. The van der Waals surface area contributed by atoms with E-state index in [1.807, 2.05) is 0 Å². The lowest BCUT2D eigenvalue weighted by Gasteiger charge is -2.12. The van der Waals surface area contributed by atoms with Gasteiger partial charge in [-0.05, 0) is 19.1 Å². The molecule has 0 bridgehead atoms. The van der Waals surface area contributed by atoms with E-state index in [0.29, 0.717) is 0 Å². The Morgan fingerprint density at radius 1 is 0.789 bits per heavy atom. The normalized spacial score (nSPS) is 10.5. The molecule has 0 amide bonds. The zero-order valence-corrected chi connectivity index (χ0v) is 12.1. The summed E-state index contributed by atoms with van der Waals surface area (Å²) in [5.41, 5.74) is 5.33. The number of aryl methyl sites for hydroxylation is 1. The number of rotatable bonds is 5. The Balaban J connectivity index is 1.83. The minimum Gasteiger partial charge on any atom is -0.378 e. The molecule has 2 rings (SSSR count). The largest absolute Gasteiger partial charge is 0.378 e. The lowest BCUT2D eigenvalue weighted by molar-refractivity contribution is -0.686. The molecule has 0 aliphatic heterocycles. The summed E-state index contributed by atoms with van der Waals surface area (Å²) in [4.78, 5) is 2.12. The predicted octanol–water partition coefficient (Wildman–Crippen LogP) is 2.32. The van der Waals surface area contributed by atoms with Crippen molar-refractivity contribution in [2.45, 2.75) is 20.0 Å². The van der Waals surface area contributed by atoms with Crippen LogP contribution in [0, 0.1) is 6.92 Å². The molecular formula is C17H23N2+. The van der Waals surface area contributed by atoms with E-state index in [9.17, 15) is 0 Å². The number of anilines is 1. The van der Waals surface area contributed by atoms with Crippen molar-refractivity contribution >= 4 is 5.69 Å². The van der Waals surface area contributed by atoms with Gasteiger partial charge in [0.15, 0.2) is 0 Å². The highest BCUT2D eigenvalue weighted by Gasteiger charge is 1.99. The number of nitrogens with two attached hydrogens (primary N) is 1. The van der Waals surface area contributed by atoms with Gasteiger partial charge < -0.3 is 10.2 Å². The van der Waals surface area contributed by atoms with Crippen LogP contribution >= 0.6 is 0 Å². The Morgan fingerprint density at radius 3 is 1.74 bits per heavy atom. The first-order valence-electron chi connectivity index (χ1n) is 6.78. The number of quaternary nitrogens is 1. The molecule has 2 aromatic carbocycles. The van der Waals surface area contributed by atoms with Crippen molar-refractivity contribution in [2.24, 2.45) is 0 Å². The molecule has 0 radical (unpaired) electrons. The lowest BCUT2D eigenvalue weighted by Crippen LogP contribution is -2.80. The molecule has 0 aliphatic carbocycles. The third-order valence-corrected chi connectivity index (χ3v) is 3.33. The number of hydrogen-bond acceptors (Lipinski definition) is 1. The first kappa shape index (κ1) is 13.6. The lowest BCUT2D eigenvalue weighted by atomic mass is 10.1. The summed E-state index contributed by atoms with van der Waals surface area (Å²) >= 11 is 0. The van der Waals surface area contributed by atoms with Crippen LogP contribution in [0.25, 0.3) is 0 Å². The molecule has 19 heavy (non-hydrogen) atoms. The van der Waals surface area contributed by atoms with Gasteiger partial charge in [-0.15, -0.1) is 0 Å². The topological polar surface area (TPSA) is 19.9 Å². The summed E-state index contributed by atoms with van der Waals surface area (Å²) in [6.07, 6.45) is 0. The molecule has 0 aliphatic rings. The van der Waals surface area contributed by atoms with E-state index in [2.05, 4.69) is 79.8 Å². The molecule has 2 nitrogen and oxygen atoms in total. The van der Waals surface area contributed by atoms with Gasteiger partial charge in [0.2, 0.25) is 0 Å². The van der Waals surface area contributed by atoms with E-state index < -0.39 is 0 Å². The van der Waals surface area contributed by atoms with Gasteiger partial charge >= 0.3 is 0 Å². The SMILES string of the molecule is Cc1ccc(C[NH2+]Cc2ccc(N(C)C)cc2)cc1. The maximum absolute atomic E-state index is 2.34. The van der Waals surface area contributed by atoms with Crippen LogP contribution in [0.4, 0.5) is 5.69 Å². The molecule has 0 aromatic heterocycles. The summed E-state index contributed by atoms with van der Waals surface area (Å²) in [6, 6.07) is 17.5. The Kier molecular flexibility index (Phi) is 4.58. The summed E-state index contributed by atoms with van der Waals surface area (Å²) in [7, 11) is 4.14. The molecule has 0 spiro atoms. The van der Waals surface area contributed by atoms with Crippen molar-refractivity contribution < 1.29 is 5.32 Å². The van der Waals surface area contributed by atoms with Crippen LogP contribution in [0.2, 0.25) is 0 Å². The quantitative estimate of drug-likeness (QED) is 0.869. The molecule has 0 fully saturated rings. The van der Waals surface area contributed by atoms with Crippen molar-refractivity contribution in [3.8, 4) is 0 Å². The first-order valence-corrected chi connectivity index (χ1v) is 6.78. The van der Waals surface area contributed by atoms with Gasteiger partial charge in [-0.2, -0.15) is 0 Å². The Labute approximate surface area is 116 Å². The van der Waals surface area contributed by atoms with E-state index in [-0.39, 0.29) is 0 Å². The second kappa shape index (κ2) is 6.39. The fourth-order valence-corrected chi connectivity index (χ4v) is 2.06. The summed E-state index contributed by atoms with van der Waals surface area (Å²) in [6.45, 7) is 4.19. The van der Waals surface area contributed by atoms with Gasteiger partial charge in [-0.25, -0.2) is 0 Å². The highest BCUT2D eigenvalue weighted by molar-refractivity contribution is 5.45. The smallest absolute Gasteiger partial charge is 0.101 e. The zero-order valence-electron chi connectivity index (χ0n) is 12.1. The fraction of sp³-hybridized carbons (Fsp3) is 0.294. The molecule has 0 saturated heterocycles. The third kappa shape index (κ3) is 4.11. The van der Waals surface area contributed by atoms with E-state index in [0.717, 1.165) is 13.1 Å². The Hall–Kier alpha value is -1.80. The minimum atomic E-state index is 1.03. The third-order valence-electron chi connectivity index (χ3n) is 3.33. The van der Waals surface area contributed by atoms with E-state index in [4.69, 9.17) is 0 Å². The van der Waals surface area contributed by atoms with E-state index >= 15 is 0 Å². The van der Waals surface area contributed by atoms with Gasteiger partial charge in [-0.1, -0.05) is 42.0 Å². The average Bonchev–Trinajstić information content (AvgIpc) is 2.41. The van der Waals surface area contributed by atoms with Crippen LogP contribution in [-0.2, 0) is 13.1 Å². The molecular weight excluding hydrogens is 232 g/mol. The summed E-state index contributed by atoms with van der Waals surface area (Å²) in [5, 5.41) is 2.34. The second-order valence-corrected chi connectivity index (χ2v) is 5.24. The van der Waals surface area contributed by atoms with Gasteiger partial charge in [0, 0.05) is 30.9 Å². The van der Waals surface area contributed by atoms with Crippen LogP contribution in [-0.4, -0.2) is 14.1 Å². The Bertz CT molecular complexity index is 498. The molecule has 2 aromatic rings. The zero-order chi connectivity index (χ0) is 13.7. The predicted molar refractivity (Wildman–Crippen MR) is 81.3 cm³/mol. The standard InChI is InChI=1S/C17H22N2/c1-14-4-6-15(7-5-14)12-18-13-16-8-10-17(11-9-16)19(2)3/h4-11,18H,12-13H2,1-3H3/p+1. The van der Waals surface area contributed by atoms with Crippen LogP contribution in [0.15, 0.2) is 48.5 Å². The van der Waals surface area contributed by atoms with E-state index in [1.165, 1.54) is 22.4 Å². The first-order chi connectivity index (χ1) is 9.15. The van der Waals surface area contributed by atoms with Crippen molar-refractivity contribution in [2.75, 3.05) is 19.0 Å². The monoisotopic (exact) mass is 255 g/mol. The maximum Gasteiger partial charge on any atom is 0.101 e. The van der Waals surface area contributed by atoms with Crippen molar-refractivity contribution in [1.82, 2.24) is 0 Å². The van der Waals surface area contributed by atoms with Gasteiger partial charge in [0.05, 0.1) is 0 Å². The maximum atomic E-state index is 2.34. The van der Waals surface area contributed by atoms with Crippen LogP contribution in [0.5, 0.6) is 0 Å². The van der Waals surface area contributed by atoms with Crippen molar-refractivity contribution in [3.63, 3.8) is 0 Å². The number of nitrogens with zero attached hydrogens (tertiary/aromatic N) is 1. The van der Waals surface area contributed by atoms with Gasteiger partial charge in [0.1, 0.15) is 13.1 Å². The number of benzene rings is 2. The minimum absolute atomic E-state index is 1.03. The molecule has 100 valence electrons. The molecule has 0 atom stereocenters. The van der Waals surface area contributed by atoms with Crippen molar-refractivity contribution in [1.29, 1.82) is 0 Å². The van der Waals surface area contributed by atoms with Crippen LogP contribution in [0.3, 0.4) is 0 Å². The highest BCUT2D eigenvalue weighted by atomic mass is 15.1. The second-order valence-electron chi connectivity index (χ2n) is 5.24. The fourth-order valence-electron chi connectivity index (χ4n) is 2.06. The molecule has 0 unspecified atom stereocenters. The molecule has 2 N–H and O–H groups in total. The average molecular weight is 255 g/mol.